The minimum atomic E-state index is -0.140. The molecule has 168 valence electrons. The zero-order chi connectivity index (χ0) is 23.2. The standard InChI is InChI=1S/C26H26BrN5O/c1-32(2)15-14-23(31-25-22-8-3-4-9-24(22)28-17-29-25)19-6-5-7-21(16-19)30-26(33)18-10-12-20(27)13-11-18/h3-13,16-17,23H,14-15H2,1-2H3,(H,30,33)(H,28,29,31). The molecule has 1 atom stereocenters. The number of aromatic nitrogens is 2. The Morgan fingerprint density at radius 2 is 1.79 bits per heavy atom. The van der Waals surface area contributed by atoms with Gasteiger partial charge in [-0.1, -0.05) is 40.2 Å². The van der Waals surface area contributed by atoms with Crippen molar-refractivity contribution in [1.29, 1.82) is 0 Å². The van der Waals surface area contributed by atoms with Crippen LogP contribution in [0.2, 0.25) is 0 Å². The van der Waals surface area contributed by atoms with Crippen molar-refractivity contribution in [3.8, 4) is 0 Å². The Morgan fingerprint density at radius 3 is 2.58 bits per heavy atom. The molecular weight excluding hydrogens is 478 g/mol. The van der Waals surface area contributed by atoms with Gasteiger partial charge in [-0.2, -0.15) is 0 Å². The molecule has 33 heavy (non-hydrogen) atoms. The highest BCUT2D eigenvalue weighted by Gasteiger charge is 2.16. The monoisotopic (exact) mass is 503 g/mol. The van der Waals surface area contributed by atoms with Crippen LogP contribution < -0.4 is 10.6 Å². The van der Waals surface area contributed by atoms with Crippen molar-refractivity contribution < 1.29 is 4.79 Å². The summed E-state index contributed by atoms with van der Waals surface area (Å²) in [7, 11) is 4.12. The van der Waals surface area contributed by atoms with Crippen molar-refractivity contribution in [3.05, 3.63) is 94.7 Å². The van der Waals surface area contributed by atoms with E-state index in [1.807, 2.05) is 54.6 Å². The maximum Gasteiger partial charge on any atom is 0.255 e. The fraction of sp³-hybridized carbons (Fsp3) is 0.192. The molecule has 0 radical (unpaired) electrons. The Bertz CT molecular complexity index is 1240. The second-order valence-corrected chi connectivity index (χ2v) is 9.03. The Labute approximate surface area is 202 Å². The van der Waals surface area contributed by atoms with Crippen LogP contribution in [0, 0.1) is 0 Å². The summed E-state index contributed by atoms with van der Waals surface area (Å²) >= 11 is 3.40. The van der Waals surface area contributed by atoms with Crippen LogP contribution in [0.15, 0.2) is 83.6 Å². The van der Waals surface area contributed by atoms with Crippen molar-refractivity contribution in [2.24, 2.45) is 0 Å². The summed E-state index contributed by atoms with van der Waals surface area (Å²) in [6.07, 6.45) is 2.46. The van der Waals surface area contributed by atoms with Crippen LogP contribution in [0.4, 0.5) is 11.5 Å². The summed E-state index contributed by atoms with van der Waals surface area (Å²) in [5.74, 6) is 0.660. The molecule has 4 aromatic rings. The Kier molecular flexibility index (Phi) is 7.32. The lowest BCUT2D eigenvalue weighted by Crippen LogP contribution is -2.21. The fourth-order valence-corrected chi connectivity index (χ4v) is 3.90. The van der Waals surface area contributed by atoms with Gasteiger partial charge in [0.15, 0.2) is 0 Å². The molecule has 6 nitrogen and oxygen atoms in total. The van der Waals surface area contributed by atoms with E-state index in [1.165, 1.54) is 0 Å². The van der Waals surface area contributed by atoms with Crippen LogP contribution >= 0.6 is 15.9 Å². The Hall–Kier alpha value is -3.29. The van der Waals surface area contributed by atoms with Gasteiger partial charge in [-0.3, -0.25) is 4.79 Å². The summed E-state index contributed by atoms with van der Waals surface area (Å²) in [4.78, 5) is 23.7. The summed E-state index contributed by atoms with van der Waals surface area (Å²) in [6.45, 7) is 0.899. The number of carbonyl (C=O) groups excluding carboxylic acids is 1. The van der Waals surface area contributed by atoms with Gasteiger partial charge in [0.25, 0.3) is 5.91 Å². The van der Waals surface area contributed by atoms with E-state index in [0.29, 0.717) is 5.56 Å². The predicted octanol–water partition coefficient (Wildman–Crippen LogP) is 5.75. The van der Waals surface area contributed by atoms with E-state index in [9.17, 15) is 4.79 Å². The van der Waals surface area contributed by atoms with Gasteiger partial charge in [-0.15, -0.1) is 0 Å². The number of nitrogens with one attached hydrogen (secondary N) is 2. The van der Waals surface area contributed by atoms with Crippen molar-refractivity contribution in [2.45, 2.75) is 12.5 Å². The van der Waals surface area contributed by atoms with Gasteiger partial charge in [0.2, 0.25) is 0 Å². The highest BCUT2D eigenvalue weighted by atomic mass is 79.9. The summed E-state index contributed by atoms with van der Waals surface area (Å²) in [5.41, 5.74) is 3.34. The first kappa shape index (κ1) is 22.9. The molecule has 1 amide bonds. The zero-order valence-electron chi connectivity index (χ0n) is 18.6. The number of carbonyl (C=O) groups is 1. The van der Waals surface area contributed by atoms with Gasteiger partial charge in [0, 0.05) is 21.1 Å². The zero-order valence-corrected chi connectivity index (χ0v) is 20.2. The third kappa shape index (κ3) is 5.94. The van der Waals surface area contributed by atoms with E-state index < -0.39 is 0 Å². The van der Waals surface area contributed by atoms with Gasteiger partial charge in [-0.25, -0.2) is 9.97 Å². The van der Waals surface area contributed by atoms with Gasteiger partial charge < -0.3 is 15.5 Å². The number of benzene rings is 3. The average molecular weight is 504 g/mol. The van der Waals surface area contributed by atoms with Crippen LogP contribution in [0.3, 0.4) is 0 Å². The topological polar surface area (TPSA) is 70.2 Å². The van der Waals surface area contributed by atoms with Crippen LogP contribution in [0.5, 0.6) is 0 Å². The van der Waals surface area contributed by atoms with Gasteiger partial charge in [0.05, 0.1) is 11.6 Å². The summed E-state index contributed by atoms with van der Waals surface area (Å²) < 4.78 is 0.938. The highest BCUT2D eigenvalue weighted by Crippen LogP contribution is 2.28. The molecule has 0 saturated heterocycles. The van der Waals surface area contributed by atoms with E-state index >= 15 is 0 Å². The summed E-state index contributed by atoms with van der Waals surface area (Å²) in [6, 6.07) is 23.3. The molecule has 0 aliphatic heterocycles. The third-order valence-corrected chi connectivity index (χ3v) is 5.90. The number of amides is 1. The fourth-order valence-electron chi connectivity index (χ4n) is 3.63. The number of hydrogen-bond donors (Lipinski definition) is 2. The molecule has 0 bridgehead atoms. The lowest BCUT2D eigenvalue weighted by atomic mass is 10.0. The van der Waals surface area contributed by atoms with Crippen molar-refractivity contribution >= 4 is 44.2 Å². The van der Waals surface area contributed by atoms with Crippen LogP contribution in [-0.2, 0) is 0 Å². The molecule has 0 spiro atoms. The minimum absolute atomic E-state index is 0.00948. The van der Waals surface area contributed by atoms with Crippen LogP contribution in [0.1, 0.15) is 28.4 Å². The molecule has 1 unspecified atom stereocenters. The van der Waals surface area contributed by atoms with Gasteiger partial charge in [0.1, 0.15) is 12.1 Å². The Morgan fingerprint density at radius 1 is 1.00 bits per heavy atom. The number of nitrogens with zero attached hydrogens (tertiary/aromatic N) is 3. The minimum Gasteiger partial charge on any atom is -0.363 e. The Balaban J connectivity index is 1.59. The van der Waals surface area contributed by atoms with Crippen molar-refractivity contribution in [2.75, 3.05) is 31.3 Å². The lowest BCUT2D eigenvalue weighted by molar-refractivity contribution is 0.102. The van der Waals surface area contributed by atoms with Crippen molar-refractivity contribution in [3.63, 3.8) is 0 Å². The highest BCUT2D eigenvalue weighted by molar-refractivity contribution is 9.10. The number of para-hydroxylation sites is 1. The third-order valence-electron chi connectivity index (χ3n) is 5.37. The first-order valence-electron chi connectivity index (χ1n) is 10.8. The lowest BCUT2D eigenvalue weighted by Gasteiger charge is -2.23. The SMILES string of the molecule is CN(C)CCC(Nc1ncnc2ccccc12)c1cccc(NC(=O)c2ccc(Br)cc2)c1. The molecule has 0 aliphatic rings. The number of rotatable bonds is 8. The molecule has 0 fully saturated rings. The van der Waals surface area contributed by atoms with E-state index in [0.717, 1.165) is 45.4 Å². The average Bonchev–Trinajstić information content (AvgIpc) is 2.82. The molecule has 0 aliphatic carbocycles. The van der Waals surface area contributed by atoms with Gasteiger partial charge in [-0.05, 0) is 81.2 Å². The molecule has 0 saturated carbocycles. The predicted molar refractivity (Wildman–Crippen MR) is 138 cm³/mol. The van der Waals surface area contributed by atoms with E-state index in [1.54, 1.807) is 18.5 Å². The molecule has 3 aromatic carbocycles. The van der Waals surface area contributed by atoms with Crippen molar-refractivity contribution in [1.82, 2.24) is 14.9 Å². The quantitative estimate of drug-likeness (QED) is 0.320. The maximum atomic E-state index is 12.7. The first-order chi connectivity index (χ1) is 16.0. The molecule has 2 N–H and O–H groups in total. The molecule has 1 heterocycles. The van der Waals surface area contributed by atoms with E-state index in [-0.39, 0.29) is 11.9 Å². The number of anilines is 2. The number of halogens is 1. The molecular formula is C26H26BrN5O. The molecule has 7 heteroatoms. The van der Waals surface area contributed by atoms with Gasteiger partial charge >= 0.3 is 0 Å². The first-order valence-corrected chi connectivity index (χ1v) is 11.6. The second kappa shape index (κ2) is 10.6. The normalized spacial score (nSPS) is 12.0. The molecule has 1 aromatic heterocycles. The largest absolute Gasteiger partial charge is 0.363 e. The number of hydrogen-bond acceptors (Lipinski definition) is 5. The van der Waals surface area contributed by atoms with E-state index in [2.05, 4.69) is 61.6 Å². The maximum absolute atomic E-state index is 12.7. The van der Waals surface area contributed by atoms with Crippen LogP contribution in [0.25, 0.3) is 10.9 Å². The number of fused-ring (bicyclic) bond motifs is 1. The van der Waals surface area contributed by atoms with Crippen LogP contribution in [-0.4, -0.2) is 41.4 Å². The smallest absolute Gasteiger partial charge is 0.255 e. The second-order valence-electron chi connectivity index (χ2n) is 8.11. The summed E-state index contributed by atoms with van der Waals surface area (Å²) in [5, 5.41) is 7.61. The molecule has 4 rings (SSSR count). The van der Waals surface area contributed by atoms with E-state index in [4.69, 9.17) is 0 Å².